The summed E-state index contributed by atoms with van der Waals surface area (Å²) in [6, 6.07) is 0. The molecule has 0 aliphatic rings. The van der Waals surface area contributed by atoms with Gasteiger partial charge in [0.25, 0.3) is 0 Å². The van der Waals surface area contributed by atoms with Gasteiger partial charge in [-0.2, -0.15) is 0 Å². The van der Waals surface area contributed by atoms with E-state index in [1.54, 1.807) is 0 Å². The van der Waals surface area contributed by atoms with E-state index in [-0.39, 0.29) is 6.61 Å². The molecule has 1 rings (SSSR count). The molecule has 1 unspecified atom stereocenters. The van der Waals surface area contributed by atoms with Crippen LogP contribution in [0.2, 0.25) is 0 Å². The number of alkyl halides is 1. The molecule has 2 N–H and O–H groups in total. The number of nitrogens with zero attached hydrogens (tertiary/aromatic N) is 3. The molecule has 0 aliphatic heterocycles. The molecule has 0 fully saturated rings. The minimum Gasteiger partial charge on any atom is -0.390 e. The summed E-state index contributed by atoms with van der Waals surface area (Å²) in [5.41, 5.74) is 0.624. The molecule has 6 heteroatoms. The van der Waals surface area contributed by atoms with E-state index < -0.39 is 6.10 Å². The second-order valence-corrected chi connectivity index (χ2v) is 3.25. The number of aliphatic hydroxyl groups is 2. The molecule has 0 spiro atoms. The van der Waals surface area contributed by atoms with Gasteiger partial charge in [0.1, 0.15) is 0 Å². The monoisotopic (exact) mass is 283 g/mol. The highest BCUT2D eigenvalue weighted by Gasteiger charge is 2.07. The molecule has 12 heavy (non-hydrogen) atoms. The molecule has 0 saturated carbocycles. The molecular weight excluding hydrogens is 273 g/mol. The summed E-state index contributed by atoms with van der Waals surface area (Å²) in [5, 5.41) is 25.4. The van der Waals surface area contributed by atoms with Crippen LogP contribution in [0.15, 0.2) is 6.20 Å². The number of hydrogen-bond acceptors (Lipinski definition) is 4. The molecule has 0 radical (unpaired) electrons. The van der Waals surface area contributed by atoms with Crippen LogP contribution in [0, 0.1) is 0 Å². The van der Waals surface area contributed by atoms with Crippen molar-refractivity contribution in [1.29, 1.82) is 0 Å². The van der Waals surface area contributed by atoms with Crippen LogP contribution in [-0.4, -0.2) is 35.7 Å². The number of aliphatic hydroxyl groups excluding tert-OH is 2. The highest BCUT2D eigenvalue weighted by atomic mass is 127. The van der Waals surface area contributed by atoms with Crippen molar-refractivity contribution >= 4 is 22.6 Å². The Hall–Kier alpha value is -0.210. The summed E-state index contributed by atoms with van der Waals surface area (Å²) in [6.07, 6.45) is 1.05. The van der Waals surface area contributed by atoms with E-state index >= 15 is 0 Å². The Morgan fingerprint density at radius 2 is 2.42 bits per heavy atom. The zero-order valence-electron chi connectivity index (χ0n) is 6.39. The maximum Gasteiger partial charge on any atom is 0.0866 e. The fourth-order valence-electron chi connectivity index (χ4n) is 0.804. The predicted molar refractivity (Wildman–Crippen MR) is 50.8 cm³/mol. The molecule has 1 heterocycles. The maximum absolute atomic E-state index is 9.27. The standard InChI is InChI=1S/C6H10IN3O2/c7-1-6(12)3-10-5(4-11)2-8-9-10/h2,6,11-12H,1,3-4H2. The van der Waals surface area contributed by atoms with Gasteiger partial charge in [0.15, 0.2) is 0 Å². The maximum atomic E-state index is 9.27. The van der Waals surface area contributed by atoms with Gasteiger partial charge in [-0.05, 0) is 0 Å². The zero-order valence-corrected chi connectivity index (χ0v) is 8.55. The van der Waals surface area contributed by atoms with Gasteiger partial charge in [0.2, 0.25) is 0 Å². The third-order valence-corrected chi connectivity index (χ3v) is 2.44. The van der Waals surface area contributed by atoms with Gasteiger partial charge in [0.05, 0.1) is 31.1 Å². The summed E-state index contributed by atoms with van der Waals surface area (Å²) in [6.45, 7) is 0.291. The van der Waals surface area contributed by atoms with Gasteiger partial charge in [-0.15, -0.1) is 5.10 Å². The molecule has 1 atom stereocenters. The smallest absolute Gasteiger partial charge is 0.0866 e. The minimum absolute atomic E-state index is 0.0963. The van der Waals surface area contributed by atoms with Crippen molar-refractivity contribution in [3.63, 3.8) is 0 Å². The van der Waals surface area contributed by atoms with Crippen LogP contribution < -0.4 is 0 Å². The first-order chi connectivity index (χ1) is 5.77. The van der Waals surface area contributed by atoms with E-state index in [9.17, 15) is 5.11 Å². The summed E-state index contributed by atoms with van der Waals surface area (Å²) < 4.78 is 2.14. The quantitative estimate of drug-likeness (QED) is 0.581. The first kappa shape index (κ1) is 9.87. The number of halogens is 1. The normalized spacial score (nSPS) is 13.2. The lowest BCUT2D eigenvalue weighted by molar-refractivity contribution is 0.169. The summed E-state index contributed by atoms with van der Waals surface area (Å²) in [7, 11) is 0. The fourth-order valence-corrected chi connectivity index (χ4v) is 1.08. The first-order valence-electron chi connectivity index (χ1n) is 3.50. The Labute approximate surface area is 83.5 Å². The largest absolute Gasteiger partial charge is 0.390 e. The second-order valence-electron chi connectivity index (χ2n) is 2.37. The highest BCUT2D eigenvalue weighted by Crippen LogP contribution is 2.00. The molecular formula is C6H10IN3O2. The molecule has 0 saturated heterocycles. The molecule has 68 valence electrons. The number of hydrogen-bond donors (Lipinski definition) is 2. The van der Waals surface area contributed by atoms with Gasteiger partial charge in [-0.1, -0.05) is 27.8 Å². The lowest BCUT2D eigenvalue weighted by atomic mass is 10.4. The van der Waals surface area contributed by atoms with Crippen molar-refractivity contribution < 1.29 is 10.2 Å². The van der Waals surface area contributed by atoms with E-state index in [2.05, 4.69) is 32.9 Å². The minimum atomic E-state index is -0.433. The summed E-state index contributed by atoms with van der Waals surface area (Å²) in [4.78, 5) is 0. The fraction of sp³-hybridized carbons (Fsp3) is 0.667. The van der Waals surface area contributed by atoms with Gasteiger partial charge in [-0.3, -0.25) is 0 Å². The van der Waals surface area contributed by atoms with E-state index in [4.69, 9.17) is 5.11 Å². The van der Waals surface area contributed by atoms with E-state index in [0.717, 1.165) is 0 Å². The van der Waals surface area contributed by atoms with E-state index in [1.165, 1.54) is 10.9 Å². The predicted octanol–water partition coefficient (Wildman–Crippen LogP) is -0.434. The molecule has 0 amide bonds. The average Bonchev–Trinajstić information content (AvgIpc) is 2.51. The Morgan fingerprint density at radius 1 is 1.67 bits per heavy atom. The zero-order chi connectivity index (χ0) is 8.97. The van der Waals surface area contributed by atoms with Crippen molar-refractivity contribution in [2.75, 3.05) is 4.43 Å². The van der Waals surface area contributed by atoms with Crippen molar-refractivity contribution in [3.05, 3.63) is 11.9 Å². The SMILES string of the molecule is OCc1cnnn1CC(O)CI. The Morgan fingerprint density at radius 3 is 3.00 bits per heavy atom. The van der Waals surface area contributed by atoms with Crippen LogP contribution in [0.3, 0.4) is 0 Å². The van der Waals surface area contributed by atoms with Gasteiger partial charge < -0.3 is 10.2 Å². The topological polar surface area (TPSA) is 71.2 Å². The Bertz CT molecular complexity index is 240. The first-order valence-corrected chi connectivity index (χ1v) is 5.02. The highest BCUT2D eigenvalue weighted by molar-refractivity contribution is 14.1. The molecule has 0 aromatic carbocycles. The van der Waals surface area contributed by atoms with Crippen molar-refractivity contribution in [3.8, 4) is 0 Å². The van der Waals surface area contributed by atoms with Crippen LogP contribution in [0.4, 0.5) is 0 Å². The lowest BCUT2D eigenvalue weighted by Gasteiger charge is -2.07. The van der Waals surface area contributed by atoms with Crippen LogP contribution in [0.25, 0.3) is 0 Å². The number of rotatable bonds is 4. The van der Waals surface area contributed by atoms with Gasteiger partial charge in [0, 0.05) is 4.43 Å². The van der Waals surface area contributed by atoms with Gasteiger partial charge in [-0.25, -0.2) is 4.68 Å². The van der Waals surface area contributed by atoms with E-state index in [1.807, 2.05) is 0 Å². The molecule has 5 nitrogen and oxygen atoms in total. The van der Waals surface area contributed by atoms with Crippen molar-refractivity contribution in [2.45, 2.75) is 19.3 Å². The average molecular weight is 283 g/mol. The van der Waals surface area contributed by atoms with Crippen LogP contribution in [0.5, 0.6) is 0 Å². The van der Waals surface area contributed by atoms with Crippen molar-refractivity contribution in [2.24, 2.45) is 0 Å². The van der Waals surface area contributed by atoms with Gasteiger partial charge >= 0.3 is 0 Å². The Balaban J connectivity index is 2.61. The molecule has 0 bridgehead atoms. The van der Waals surface area contributed by atoms with Crippen molar-refractivity contribution in [1.82, 2.24) is 15.0 Å². The molecule has 0 aliphatic carbocycles. The third-order valence-electron chi connectivity index (χ3n) is 1.42. The summed E-state index contributed by atoms with van der Waals surface area (Å²) in [5.74, 6) is 0. The van der Waals surface area contributed by atoms with Crippen LogP contribution in [-0.2, 0) is 13.2 Å². The Kier molecular flexibility index (Phi) is 3.89. The summed E-state index contributed by atoms with van der Waals surface area (Å²) >= 11 is 2.09. The lowest BCUT2D eigenvalue weighted by Crippen LogP contribution is -2.19. The molecule has 1 aromatic heterocycles. The van der Waals surface area contributed by atoms with Crippen LogP contribution in [0.1, 0.15) is 5.69 Å². The van der Waals surface area contributed by atoms with Crippen LogP contribution >= 0.6 is 22.6 Å². The second kappa shape index (κ2) is 4.73. The molecule has 1 aromatic rings. The van der Waals surface area contributed by atoms with E-state index in [0.29, 0.717) is 16.7 Å². The third kappa shape index (κ3) is 2.39. The number of aromatic nitrogens is 3.